The molecule has 0 saturated carbocycles. The zero-order valence-corrected chi connectivity index (χ0v) is 15.8. The lowest BCUT2D eigenvalue weighted by Crippen LogP contribution is -2.13. The number of nitrogens with one attached hydrogen (secondary N) is 1. The number of benzene rings is 2. The Bertz CT molecular complexity index is 999. The number of non-ortho nitro benzene ring substituents is 1. The average Bonchev–Trinajstić information content (AvgIpc) is 2.97. The van der Waals surface area contributed by atoms with Crippen molar-refractivity contribution in [1.29, 1.82) is 0 Å². The topological polar surface area (TPSA) is 90.1 Å². The molecule has 2 aromatic carbocycles. The van der Waals surface area contributed by atoms with E-state index in [1.54, 1.807) is 18.2 Å². The van der Waals surface area contributed by atoms with Gasteiger partial charge in [-0.3, -0.25) is 19.6 Å². The SMILES string of the molecule is O=C(Nc1nn(Cc2c(Cl)cccc2Cl)cc1Cl)c1ccc([N+](=O)[O-])cc1. The molecule has 1 aromatic heterocycles. The van der Waals surface area contributed by atoms with Gasteiger partial charge in [-0.25, -0.2) is 0 Å². The fourth-order valence-electron chi connectivity index (χ4n) is 2.32. The Kier molecular flexibility index (Phi) is 5.65. The van der Waals surface area contributed by atoms with E-state index in [0.717, 1.165) is 0 Å². The predicted octanol–water partition coefficient (Wildman–Crippen LogP) is 5.05. The van der Waals surface area contributed by atoms with Crippen molar-refractivity contribution in [3.05, 3.63) is 85.0 Å². The van der Waals surface area contributed by atoms with Crippen LogP contribution in [0.4, 0.5) is 11.5 Å². The van der Waals surface area contributed by atoms with Gasteiger partial charge in [0.25, 0.3) is 11.6 Å². The molecule has 138 valence electrons. The summed E-state index contributed by atoms with van der Waals surface area (Å²) in [6.45, 7) is 0.269. The van der Waals surface area contributed by atoms with Crippen LogP contribution < -0.4 is 5.32 Å². The molecule has 0 spiro atoms. The van der Waals surface area contributed by atoms with Gasteiger partial charge in [0, 0.05) is 39.5 Å². The minimum Gasteiger partial charge on any atom is -0.304 e. The molecule has 0 radical (unpaired) electrons. The molecule has 0 aliphatic carbocycles. The number of nitrogens with zero attached hydrogens (tertiary/aromatic N) is 3. The summed E-state index contributed by atoms with van der Waals surface area (Å²) in [5.74, 6) is -0.337. The number of hydrogen-bond donors (Lipinski definition) is 1. The van der Waals surface area contributed by atoms with Crippen LogP contribution in [0.5, 0.6) is 0 Å². The number of rotatable bonds is 5. The number of carbonyl (C=O) groups is 1. The quantitative estimate of drug-likeness (QED) is 0.457. The monoisotopic (exact) mass is 424 g/mol. The van der Waals surface area contributed by atoms with Crippen molar-refractivity contribution < 1.29 is 9.72 Å². The third-order valence-electron chi connectivity index (χ3n) is 3.67. The second-order valence-electron chi connectivity index (χ2n) is 5.48. The molecule has 7 nitrogen and oxygen atoms in total. The Balaban J connectivity index is 1.76. The zero-order valence-electron chi connectivity index (χ0n) is 13.5. The molecule has 0 aliphatic rings. The van der Waals surface area contributed by atoms with Gasteiger partial charge in [0.1, 0.15) is 5.02 Å². The molecule has 0 atom stereocenters. The first kappa shape index (κ1) is 19.2. The summed E-state index contributed by atoms with van der Waals surface area (Å²) in [6.07, 6.45) is 1.53. The van der Waals surface area contributed by atoms with Gasteiger partial charge < -0.3 is 5.32 Å². The average molecular weight is 426 g/mol. The van der Waals surface area contributed by atoms with E-state index in [9.17, 15) is 14.9 Å². The maximum atomic E-state index is 12.3. The number of hydrogen-bond acceptors (Lipinski definition) is 4. The van der Waals surface area contributed by atoms with Crippen molar-refractivity contribution in [2.45, 2.75) is 6.54 Å². The number of carbonyl (C=O) groups excluding carboxylic acids is 1. The van der Waals surface area contributed by atoms with Crippen LogP contribution in [0.1, 0.15) is 15.9 Å². The maximum Gasteiger partial charge on any atom is 0.269 e. The van der Waals surface area contributed by atoms with E-state index in [4.69, 9.17) is 34.8 Å². The molecular weight excluding hydrogens is 415 g/mol. The third-order valence-corrected chi connectivity index (χ3v) is 4.66. The highest BCUT2D eigenvalue weighted by Gasteiger charge is 2.15. The molecule has 1 amide bonds. The molecule has 0 unspecified atom stereocenters. The highest BCUT2D eigenvalue weighted by atomic mass is 35.5. The number of nitro groups is 1. The lowest BCUT2D eigenvalue weighted by molar-refractivity contribution is -0.384. The fraction of sp³-hybridized carbons (Fsp3) is 0.0588. The minimum absolute atomic E-state index is 0.106. The third kappa shape index (κ3) is 4.39. The second kappa shape index (κ2) is 7.96. The van der Waals surface area contributed by atoms with E-state index in [1.165, 1.54) is 35.1 Å². The first-order chi connectivity index (χ1) is 12.8. The van der Waals surface area contributed by atoms with Crippen LogP contribution in [0.3, 0.4) is 0 Å². The van der Waals surface area contributed by atoms with Gasteiger partial charge in [-0.1, -0.05) is 40.9 Å². The fourth-order valence-corrected chi connectivity index (χ4v) is 3.04. The van der Waals surface area contributed by atoms with Gasteiger partial charge in [0.2, 0.25) is 0 Å². The van der Waals surface area contributed by atoms with Crippen molar-refractivity contribution in [2.75, 3.05) is 5.32 Å². The number of anilines is 1. The van der Waals surface area contributed by atoms with E-state index in [2.05, 4.69) is 10.4 Å². The van der Waals surface area contributed by atoms with Crippen molar-refractivity contribution >= 4 is 52.2 Å². The molecule has 10 heteroatoms. The van der Waals surface area contributed by atoms with Gasteiger partial charge in [-0.05, 0) is 24.3 Å². The molecule has 3 rings (SSSR count). The van der Waals surface area contributed by atoms with Crippen molar-refractivity contribution in [1.82, 2.24) is 9.78 Å². The highest BCUT2D eigenvalue weighted by molar-refractivity contribution is 6.36. The van der Waals surface area contributed by atoms with Crippen LogP contribution in [0.2, 0.25) is 15.1 Å². The van der Waals surface area contributed by atoms with Crippen molar-refractivity contribution in [2.24, 2.45) is 0 Å². The number of aromatic nitrogens is 2. The Morgan fingerprint density at radius 2 is 1.70 bits per heavy atom. The van der Waals surface area contributed by atoms with E-state index in [1.807, 2.05) is 0 Å². The Morgan fingerprint density at radius 1 is 1.07 bits per heavy atom. The van der Waals surface area contributed by atoms with Crippen LogP contribution in [0, 0.1) is 10.1 Å². The Hall–Kier alpha value is -2.61. The van der Waals surface area contributed by atoms with E-state index < -0.39 is 10.8 Å². The van der Waals surface area contributed by atoms with Gasteiger partial charge in [0.05, 0.1) is 11.5 Å². The standard InChI is InChI=1S/C17H11Cl3N4O3/c18-13-2-1-3-14(19)12(13)8-23-9-15(20)16(22-23)21-17(25)10-4-6-11(7-5-10)24(26)27/h1-7,9H,8H2,(H,21,22,25). The van der Waals surface area contributed by atoms with Crippen LogP contribution in [-0.2, 0) is 6.54 Å². The van der Waals surface area contributed by atoms with Gasteiger partial charge in [-0.15, -0.1) is 0 Å². The molecule has 3 aromatic rings. The molecule has 0 aliphatic heterocycles. The Labute approximate surface area is 168 Å². The van der Waals surface area contributed by atoms with Crippen LogP contribution >= 0.6 is 34.8 Å². The van der Waals surface area contributed by atoms with E-state index in [0.29, 0.717) is 15.6 Å². The lowest BCUT2D eigenvalue weighted by Gasteiger charge is -2.07. The van der Waals surface area contributed by atoms with Gasteiger partial charge in [-0.2, -0.15) is 5.10 Å². The first-order valence-corrected chi connectivity index (χ1v) is 8.70. The summed E-state index contributed by atoms with van der Waals surface area (Å²) < 4.78 is 1.50. The number of nitro benzene ring substituents is 1. The number of halogens is 3. The second-order valence-corrected chi connectivity index (χ2v) is 6.70. The van der Waals surface area contributed by atoms with Crippen molar-refractivity contribution in [3.63, 3.8) is 0 Å². The zero-order chi connectivity index (χ0) is 19.6. The molecule has 0 bridgehead atoms. The normalized spacial score (nSPS) is 10.6. The molecule has 1 heterocycles. The number of amides is 1. The first-order valence-electron chi connectivity index (χ1n) is 7.57. The maximum absolute atomic E-state index is 12.3. The van der Waals surface area contributed by atoms with Gasteiger partial charge in [0.15, 0.2) is 5.82 Å². The molecule has 0 fully saturated rings. The summed E-state index contributed by atoms with van der Waals surface area (Å²) in [7, 11) is 0. The Morgan fingerprint density at radius 3 is 2.30 bits per heavy atom. The predicted molar refractivity (Wildman–Crippen MR) is 104 cm³/mol. The molecule has 27 heavy (non-hydrogen) atoms. The molecule has 0 saturated heterocycles. The van der Waals surface area contributed by atoms with Crippen LogP contribution in [0.25, 0.3) is 0 Å². The summed E-state index contributed by atoms with van der Waals surface area (Å²) >= 11 is 18.4. The smallest absolute Gasteiger partial charge is 0.269 e. The summed E-state index contributed by atoms with van der Waals surface area (Å²) in [5, 5.41) is 18.7. The highest BCUT2D eigenvalue weighted by Crippen LogP contribution is 2.27. The molecular formula is C17H11Cl3N4O3. The van der Waals surface area contributed by atoms with Crippen LogP contribution in [-0.4, -0.2) is 20.6 Å². The van der Waals surface area contributed by atoms with E-state index >= 15 is 0 Å². The lowest BCUT2D eigenvalue weighted by atomic mass is 10.2. The summed E-state index contributed by atoms with van der Waals surface area (Å²) in [4.78, 5) is 22.4. The largest absolute Gasteiger partial charge is 0.304 e. The summed E-state index contributed by atoms with van der Waals surface area (Å²) in [6, 6.07) is 10.4. The molecule has 1 N–H and O–H groups in total. The summed E-state index contributed by atoms with van der Waals surface area (Å²) in [5.41, 5.74) is 0.805. The minimum atomic E-state index is -0.542. The van der Waals surface area contributed by atoms with Gasteiger partial charge >= 0.3 is 0 Å². The van der Waals surface area contributed by atoms with E-state index in [-0.39, 0.29) is 28.6 Å². The van der Waals surface area contributed by atoms with Crippen LogP contribution in [0.15, 0.2) is 48.7 Å². The van der Waals surface area contributed by atoms with Crippen molar-refractivity contribution in [3.8, 4) is 0 Å².